The van der Waals surface area contributed by atoms with Crippen molar-refractivity contribution in [1.29, 1.82) is 0 Å². The number of rotatable bonds is 5. The molecule has 1 aromatic rings. The molecule has 1 aliphatic carbocycles. The summed E-state index contributed by atoms with van der Waals surface area (Å²) >= 11 is 0. The maximum atomic E-state index is 12.6. The molecular weight excluding hydrogens is 323 g/mol. The maximum Gasteiger partial charge on any atom is 0.433 e. The van der Waals surface area contributed by atoms with Crippen LogP contribution in [0.4, 0.5) is 18.0 Å². The first-order valence-corrected chi connectivity index (χ1v) is 8.08. The molecule has 0 bridgehead atoms. The molecule has 1 saturated carbocycles. The van der Waals surface area contributed by atoms with E-state index >= 15 is 0 Å². The molecule has 0 spiro atoms. The van der Waals surface area contributed by atoms with E-state index < -0.39 is 17.9 Å². The number of alkyl halides is 3. The van der Waals surface area contributed by atoms with Crippen molar-refractivity contribution in [2.75, 3.05) is 6.61 Å². The van der Waals surface area contributed by atoms with Gasteiger partial charge in [0, 0.05) is 0 Å². The van der Waals surface area contributed by atoms with Crippen LogP contribution >= 0.6 is 0 Å². The van der Waals surface area contributed by atoms with Gasteiger partial charge in [-0.15, -0.1) is 0 Å². The predicted molar refractivity (Wildman–Crippen MR) is 82.1 cm³/mol. The Bertz CT molecular complexity index is 546. The van der Waals surface area contributed by atoms with Gasteiger partial charge in [0.1, 0.15) is 5.69 Å². The Hall–Kier alpha value is -1.83. The van der Waals surface area contributed by atoms with Crippen LogP contribution in [0.3, 0.4) is 0 Å². The van der Waals surface area contributed by atoms with Gasteiger partial charge in [0.15, 0.2) is 0 Å². The van der Waals surface area contributed by atoms with E-state index in [-0.39, 0.29) is 30.8 Å². The quantitative estimate of drug-likeness (QED) is 0.768. The third kappa shape index (κ3) is 5.36. The third-order valence-corrected chi connectivity index (χ3v) is 4.26. The summed E-state index contributed by atoms with van der Waals surface area (Å²) in [5.74, 6) is 0.237. The molecular formula is C16H22F3N3O2. The number of amides is 2. The zero-order valence-electron chi connectivity index (χ0n) is 13.3. The number of halogens is 3. The molecule has 1 fully saturated rings. The molecule has 0 aliphatic heterocycles. The SMILES string of the molecule is O=C(NCc1cccc(C(F)(F)F)n1)NC(CO)C1CCCCC1. The molecule has 3 N–H and O–H groups in total. The highest BCUT2D eigenvalue weighted by Gasteiger charge is 2.32. The number of hydrogen-bond donors (Lipinski definition) is 3. The van der Waals surface area contributed by atoms with Gasteiger partial charge in [0.2, 0.25) is 0 Å². The lowest BCUT2D eigenvalue weighted by molar-refractivity contribution is -0.141. The number of nitrogens with one attached hydrogen (secondary N) is 2. The number of hydrogen-bond acceptors (Lipinski definition) is 3. The van der Waals surface area contributed by atoms with Crippen LogP contribution in [0.1, 0.15) is 43.5 Å². The highest BCUT2D eigenvalue weighted by atomic mass is 19.4. The van der Waals surface area contributed by atoms with Crippen LogP contribution in [-0.2, 0) is 12.7 Å². The van der Waals surface area contributed by atoms with Gasteiger partial charge in [-0.25, -0.2) is 9.78 Å². The number of nitrogens with zero attached hydrogens (tertiary/aromatic N) is 1. The fraction of sp³-hybridized carbons (Fsp3) is 0.625. The molecule has 1 atom stereocenters. The van der Waals surface area contributed by atoms with Crippen molar-refractivity contribution in [2.24, 2.45) is 5.92 Å². The number of pyridine rings is 1. The number of carbonyl (C=O) groups is 1. The van der Waals surface area contributed by atoms with Crippen LogP contribution in [0.5, 0.6) is 0 Å². The molecule has 0 saturated heterocycles. The van der Waals surface area contributed by atoms with Crippen LogP contribution in [0, 0.1) is 5.92 Å². The molecule has 0 radical (unpaired) electrons. The number of aromatic nitrogens is 1. The van der Waals surface area contributed by atoms with Crippen molar-refractivity contribution in [2.45, 2.75) is 50.9 Å². The van der Waals surface area contributed by atoms with Crippen molar-refractivity contribution < 1.29 is 23.1 Å². The van der Waals surface area contributed by atoms with Gasteiger partial charge in [0.25, 0.3) is 0 Å². The summed E-state index contributed by atoms with van der Waals surface area (Å²) in [6.45, 7) is -0.265. The second-order valence-corrected chi connectivity index (χ2v) is 6.03. The lowest BCUT2D eigenvalue weighted by atomic mass is 9.84. The van der Waals surface area contributed by atoms with E-state index in [0.717, 1.165) is 31.7 Å². The largest absolute Gasteiger partial charge is 0.433 e. The minimum absolute atomic E-state index is 0.113. The molecule has 8 heteroatoms. The Kier molecular flexibility index (Phi) is 6.42. The topological polar surface area (TPSA) is 74.2 Å². The smallest absolute Gasteiger partial charge is 0.394 e. The Morgan fingerprint density at radius 2 is 2.00 bits per heavy atom. The van der Waals surface area contributed by atoms with Gasteiger partial charge in [0.05, 0.1) is 24.9 Å². The van der Waals surface area contributed by atoms with Crippen LogP contribution in [-0.4, -0.2) is 28.8 Å². The highest BCUT2D eigenvalue weighted by Crippen LogP contribution is 2.27. The zero-order chi connectivity index (χ0) is 17.6. The molecule has 1 aliphatic rings. The minimum Gasteiger partial charge on any atom is -0.394 e. The minimum atomic E-state index is -4.51. The van der Waals surface area contributed by atoms with Crippen LogP contribution in [0.15, 0.2) is 18.2 Å². The average molecular weight is 345 g/mol. The molecule has 0 aromatic carbocycles. The van der Waals surface area contributed by atoms with E-state index in [1.165, 1.54) is 18.6 Å². The van der Waals surface area contributed by atoms with Gasteiger partial charge < -0.3 is 15.7 Å². The Labute approximate surface area is 138 Å². The van der Waals surface area contributed by atoms with Crippen molar-refractivity contribution in [3.8, 4) is 0 Å². The summed E-state index contributed by atoms with van der Waals surface area (Å²) in [5, 5.41) is 14.7. The van der Waals surface area contributed by atoms with Crippen molar-refractivity contribution in [3.63, 3.8) is 0 Å². The van der Waals surface area contributed by atoms with Crippen molar-refractivity contribution in [1.82, 2.24) is 15.6 Å². The van der Waals surface area contributed by atoms with Gasteiger partial charge in [-0.1, -0.05) is 25.3 Å². The Morgan fingerprint density at radius 1 is 1.29 bits per heavy atom. The Morgan fingerprint density at radius 3 is 2.62 bits per heavy atom. The first-order valence-electron chi connectivity index (χ1n) is 8.08. The maximum absolute atomic E-state index is 12.6. The normalized spacial score (nSPS) is 17.3. The number of aliphatic hydroxyl groups is 1. The second-order valence-electron chi connectivity index (χ2n) is 6.03. The van der Waals surface area contributed by atoms with E-state index in [9.17, 15) is 23.1 Å². The first-order chi connectivity index (χ1) is 11.4. The lowest BCUT2D eigenvalue weighted by Gasteiger charge is -2.29. The van der Waals surface area contributed by atoms with Crippen molar-refractivity contribution >= 4 is 6.03 Å². The third-order valence-electron chi connectivity index (χ3n) is 4.26. The average Bonchev–Trinajstić information content (AvgIpc) is 2.58. The predicted octanol–water partition coefficient (Wildman–Crippen LogP) is 2.84. The van der Waals surface area contributed by atoms with E-state index in [0.29, 0.717) is 0 Å². The van der Waals surface area contributed by atoms with Gasteiger partial charge in [-0.05, 0) is 30.9 Å². The summed E-state index contributed by atoms with van der Waals surface area (Å²) in [6, 6.07) is 2.70. The summed E-state index contributed by atoms with van der Waals surface area (Å²) in [7, 11) is 0. The molecule has 2 rings (SSSR count). The van der Waals surface area contributed by atoms with Crippen LogP contribution in [0.25, 0.3) is 0 Å². The summed E-state index contributed by atoms with van der Waals surface area (Å²) < 4.78 is 37.8. The van der Waals surface area contributed by atoms with Crippen molar-refractivity contribution in [3.05, 3.63) is 29.6 Å². The van der Waals surface area contributed by atoms with E-state index in [2.05, 4.69) is 15.6 Å². The Balaban J connectivity index is 1.86. The van der Waals surface area contributed by atoms with Gasteiger partial charge >= 0.3 is 12.2 Å². The molecule has 24 heavy (non-hydrogen) atoms. The van der Waals surface area contributed by atoms with E-state index in [4.69, 9.17) is 0 Å². The lowest BCUT2D eigenvalue weighted by Crippen LogP contribution is -2.47. The fourth-order valence-electron chi connectivity index (χ4n) is 2.98. The molecule has 134 valence electrons. The summed E-state index contributed by atoms with van der Waals surface area (Å²) in [5.41, 5.74) is -0.865. The summed E-state index contributed by atoms with van der Waals surface area (Å²) in [4.78, 5) is 15.4. The molecule has 5 nitrogen and oxygen atoms in total. The fourth-order valence-corrected chi connectivity index (χ4v) is 2.98. The summed E-state index contributed by atoms with van der Waals surface area (Å²) in [6.07, 6.45) is 0.738. The van der Waals surface area contributed by atoms with Gasteiger partial charge in [-0.3, -0.25) is 0 Å². The molecule has 1 aromatic heterocycles. The molecule has 2 amide bonds. The number of urea groups is 1. The zero-order valence-corrected chi connectivity index (χ0v) is 13.3. The standard InChI is InChI=1S/C16H22F3N3O2/c17-16(18,19)14-8-4-7-12(21-14)9-20-15(24)22-13(10-23)11-5-2-1-3-6-11/h4,7-8,11,13,23H,1-3,5-6,9-10H2,(H2,20,22,24). The van der Waals surface area contributed by atoms with Crippen LogP contribution in [0.2, 0.25) is 0 Å². The van der Waals surface area contributed by atoms with Crippen LogP contribution < -0.4 is 10.6 Å². The molecule has 1 heterocycles. The monoisotopic (exact) mass is 345 g/mol. The number of carbonyl (C=O) groups excluding carboxylic acids is 1. The highest BCUT2D eigenvalue weighted by molar-refractivity contribution is 5.74. The first kappa shape index (κ1) is 18.5. The van der Waals surface area contributed by atoms with E-state index in [1.807, 2.05) is 0 Å². The number of aliphatic hydroxyl groups excluding tert-OH is 1. The molecule has 1 unspecified atom stereocenters. The van der Waals surface area contributed by atoms with Gasteiger partial charge in [-0.2, -0.15) is 13.2 Å². The van der Waals surface area contributed by atoms with E-state index in [1.54, 1.807) is 0 Å². The second kappa shape index (κ2) is 8.32.